The van der Waals surface area contributed by atoms with E-state index in [1.807, 2.05) is 17.9 Å². The summed E-state index contributed by atoms with van der Waals surface area (Å²) in [4.78, 5) is 53.1. The van der Waals surface area contributed by atoms with E-state index in [-0.39, 0.29) is 47.3 Å². The summed E-state index contributed by atoms with van der Waals surface area (Å²) in [7, 11) is 3.24. The molecule has 6 rings (SSSR count). The highest BCUT2D eigenvalue weighted by Gasteiger charge is 2.30. The van der Waals surface area contributed by atoms with Crippen LogP contribution in [0, 0.1) is 31.4 Å². The van der Waals surface area contributed by atoms with Gasteiger partial charge in [-0.25, -0.2) is 8.78 Å². The van der Waals surface area contributed by atoms with Crippen molar-refractivity contribution in [1.82, 2.24) is 19.7 Å². The van der Waals surface area contributed by atoms with Crippen LogP contribution in [0.3, 0.4) is 0 Å². The molecule has 2 N–H and O–H groups in total. The number of hydrogen-bond acceptors (Lipinski definition) is 7. The predicted octanol–water partition coefficient (Wildman–Crippen LogP) is 4.83. The number of hydrogen-bond donors (Lipinski definition) is 2. The summed E-state index contributed by atoms with van der Waals surface area (Å²) < 4.78 is 38.0. The predicted molar refractivity (Wildman–Crippen MR) is 191 cm³/mol. The second kappa shape index (κ2) is 15.3. The quantitative estimate of drug-likeness (QED) is 0.307. The molecule has 0 saturated carbocycles. The number of ether oxygens (including phenoxy) is 1. The van der Waals surface area contributed by atoms with Crippen molar-refractivity contribution in [2.45, 2.75) is 70.8 Å². The maximum absolute atomic E-state index is 15.6. The Balaban J connectivity index is 0.981. The molecule has 3 aromatic rings. The van der Waals surface area contributed by atoms with Crippen molar-refractivity contribution in [2.75, 3.05) is 45.2 Å². The van der Waals surface area contributed by atoms with Gasteiger partial charge in [-0.2, -0.15) is 0 Å². The van der Waals surface area contributed by atoms with Crippen LogP contribution in [-0.2, 0) is 27.9 Å². The van der Waals surface area contributed by atoms with Gasteiger partial charge in [0.15, 0.2) is 0 Å². The van der Waals surface area contributed by atoms with E-state index in [9.17, 15) is 19.2 Å². The standard InChI is InChI=1S/C39H47F2N5O5/c1-23-24(2)39(50)44(3)21-31(23)27-18-32(40)30(35(19-27)51-4)17-25-9-13-45(14-10-25)22-37(48)46-15-11-26(12-16-46)29-6-5-28(20-33(29)41)42-34-7-8-36(47)43-38(34)49/h5-6,18-21,25-26,34,42H,7-17,22H2,1-4H3,(H,43,47,49). The maximum atomic E-state index is 15.6. The van der Waals surface area contributed by atoms with Crippen molar-refractivity contribution in [1.29, 1.82) is 0 Å². The number of aryl methyl sites for hydroxylation is 1. The molecule has 2 aromatic carbocycles. The van der Waals surface area contributed by atoms with Gasteiger partial charge in [-0.15, -0.1) is 0 Å². The molecule has 12 heteroatoms. The monoisotopic (exact) mass is 703 g/mol. The molecule has 10 nitrogen and oxygen atoms in total. The summed E-state index contributed by atoms with van der Waals surface area (Å²) in [5.41, 5.74) is 4.50. The number of benzene rings is 2. The lowest BCUT2D eigenvalue weighted by Gasteiger charge is -2.36. The molecule has 0 bridgehead atoms. The van der Waals surface area contributed by atoms with Crippen LogP contribution in [0.1, 0.15) is 66.7 Å². The van der Waals surface area contributed by atoms with Gasteiger partial charge in [0.05, 0.1) is 13.7 Å². The zero-order valence-electron chi connectivity index (χ0n) is 29.8. The Morgan fingerprint density at radius 3 is 2.33 bits per heavy atom. The highest BCUT2D eigenvalue weighted by Crippen LogP contribution is 2.35. The van der Waals surface area contributed by atoms with Gasteiger partial charge in [0.1, 0.15) is 23.4 Å². The fourth-order valence-electron chi connectivity index (χ4n) is 7.76. The summed E-state index contributed by atoms with van der Waals surface area (Å²) >= 11 is 0. The van der Waals surface area contributed by atoms with Gasteiger partial charge in [-0.1, -0.05) is 6.07 Å². The number of halogens is 2. The van der Waals surface area contributed by atoms with E-state index in [0.717, 1.165) is 37.1 Å². The van der Waals surface area contributed by atoms with Crippen molar-refractivity contribution < 1.29 is 27.9 Å². The minimum Gasteiger partial charge on any atom is -0.496 e. The maximum Gasteiger partial charge on any atom is 0.253 e. The molecule has 0 radical (unpaired) electrons. The fourth-order valence-corrected chi connectivity index (χ4v) is 7.76. The summed E-state index contributed by atoms with van der Waals surface area (Å²) in [6.07, 6.45) is 5.90. The molecule has 272 valence electrons. The van der Waals surface area contributed by atoms with Crippen LogP contribution in [0.5, 0.6) is 5.75 Å². The Labute approximate surface area is 297 Å². The molecule has 3 amide bonds. The van der Waals surface area contributed by atoms with E-state index in [2.05, 4.69) is 15.5 Å². The number of piperidine rings is 3. The summed E-state index contributed by atoms with van der Waals surface area (Å²) in [5.74, 6) is -0.550. The number of carbonyl (C=O) groups is 3. The highest BCUT2D eigenvalue weighted by atomic mass is 19.1. The molecule has 1 unspecified atom stereocenters. The average Bonchev–Trinajstić information content (AvgIpc) is 3.11. The molecular weight excluding hydrogens is 656 g/mol. The van der Waals surface area contributed by atoms with Gasteiger partial charge in [0.2, 0.25) is 17.7 Å². The first-order valence-corrected chi connectivity index (χ1v) is 17.8. The largest absolute Gasteiger partial charge is 0.496 e. The topological polar surface area (TPSA) is 113 Å². The third kappa shape index (κ3) is 8.01. The van der Waals surface area contributed by atoms with E-state index < -0.39 is 11.9 Å². The summed E-state index contributed by atoms with van der Waals surface area (Å²) in [6.45, 7) is 6.59. The van der Waals surface area contributed by atoms with Gasteiger partial charge >= 0.3 is 0 Å². The van der Waals surface area contributed by atoms with E-state index in [1.165, 1.54) is 16.7 Å². The molecule has 3 aliphatic rings. The fraction of sp³-hybridized carbons (Fsp3) is 0.487. The Morgan fingerprint density at radius 1 is 0.941 bits per heavy atom. The van der Waals surface area contributed by atoms with Crippen LogP contribution in [-0.4, -0.2) is 78.0 Å². The molecule has 1 aromatic heterocycles. The minimum atomic E-state index is -0.577. The Kier molecular flexibility index (Phi) is 10.9. The van der Waals surface area contributed by atoms with Crippen molar-refractivity contribution >= 4 is 23.4 Å². The number of amides is 3. The second-order valence-electron chi connectivity index (χ2n) is 14.3. The second-order valence-corrected chi connectivity index (χ2v) is 14.3. The number of aromatic nitrogens is 1. The summed E-state index contributed by atoms with van der Waals surface area (Å²) in [5, 5.41) is 5.33. The van der Waals surface area contributed by atoms with Crippen LogP contribution in [0.4, 0.5) is 14.5 Å². The smallest absolute Gasteiger partial charge is 0.253 e. The Morgan fingerprint density at radius 2 is 1.67 bits per heavy atom. The first-order chi connectivity index (χ1) is 24.4. The van der Waals surface area contributed by atoms with Crippen molar-refractivity contribution in [2.24, 2.45) is 13.0 Å². The number of imide groups is 1. The van der Waals surface area contributed by atoms with Crippen LogP contribution < -0.4 is 20.9 Å². The number of anilines is 1. The number of rotatable bonds is 9. The summed E-state index contributed by atoms with van der Waals surface area (Å²) in [6, 6.07) is 7.73. The van der Waals surface area contributed by atoms with Crippen LogP contribution >= 0.6 is 0 Å². The van der Waals surface area contributed by atoms with Crippen molar-refractivity contribution in [3.05, 3.63) is 80.8 Å². The number of likely N-dealkylation sites (tertiary alicyclic amines) is 2. The van der Waals surface area contributed by atoms with Crippen molar-refractivity contribution in [3.63, 3.8) is 0 Å². The highest BCUT2D eigenvalue weighted by molar-refractivity contribution is 6.01. The SMILES string of the molecule is COc1cc(-c2cn(C)c(=O)c(C)c2C)cc(F)c1CC1CCN(CC(=O)N2CCC(c3ccc(NC4CCC(=O)NC4=O)cc3F)CC2)CC1. The molecule has 3 saturated heterocycles. The molecule has 1 atom stereocenters. The van der Waals surface area contributed by atoms with Gasteiger partial charge in [-0.3, -0.25) is 29.4 Å². The van der Waals surface area contributed by atoms with Crippen molar-refractivity contribution in [3.8, 4) is 16.9 Å². The molecule has 4 heterocycles. The molecule has 0 aliphatic carbocycles. The van der Waals surface area contributed by atoms with E-state index in [4.69, 9.17) is 4.74 Å². The zero-order valence-corrected chi connectivity index (χ0v) is 29.8. The van der Waals surface area contributed by atoms with Gasteiger partial charge < -0.3 is 19.5 Å². The lowest BCUT2D eigenvalue weighted by Crippen LogP contribution is -2.47. The first kappa shape index (κ1) is 36.2. The number of pyridine rings is 1. The lowest BCUT2D eigenvalue weighted by atomic mass is 9.88. The van der Waals surface area contributed by atoms with Gasteiger partial charge in [0, 0.05) is 55.1 Å². The van der Waals surface area contributed by atoms with E-state index in [0.29, 0.717) is 79.0 Å². The minimum absolute atomic E-state index is 0.00423. The zero-order chi connectivity index (χ0) is 36.4. The molecular formula is C39H47F2N5O5. The number of carbonyl (C=O) groups excluding carboxylic acids is 3. The third-order valence-electron chi connectivity index (χ3n) is 11.0. The normalized spacial score (nSPS) is 19.3. The Bertz CT molecular complexity index is 1880. The van der Waals surface area contributed by atoms with Gasteiger partial charge in [0.25, 0.3) is 5.56 Å². The van der Waals surface area contributed by atoms with Crippen LogP contribution in [0.25, 0.3) is 11.1 Å². The molecule has 51 heavy (non-hydrogen) atoms. The molecule has 3 fully saturated rings. The van der Waals surface area contributed by atoms with Gasteiger partial charge in [-0.05, 0) is 118 Å². The first-order valence-electron chi connectivity index (χ1n) is 17.8. The van der Waals surface area contributed by atoms with E-state index in [1.54, 1.807) is 39.4 Å². The number of nitrogens with one attached hydrogen (secondary N) is 2. The molecule has 0 spiro atoms. The van der Waals surface area contributed by atoms with E-state index >= 15 is 8.78 Å². The third-order valence-corrected chi connectivity index (χ3v) is 11.0. The van der Waals surface area contributed by atoms with Crippen LogP contribution in [0.2, 0.25) is 0 Å². The van der Waals surface area contributed by atoms with Crippen LogP contribution in [0.15, 0.2) is 41.3 Å². The average molecular weight is 704 g/mol. The lowest BCUT2D eigenvalue weighted by molar-refractivity contribution is -0.134. The Hall–Kier alpha value is -4.58. The molecule has 3 aliphatic heterocycles. The number of nitrogens with zero attached hydrogens (tertiary/aromatic N) is 3. The number of methoxy groups -OCH3 is 1.